The first-order valence-corrected chi connectivity index (χ1v) is 6.71. The molecule has 2 aromatic heterocycles. The molecule has 3 aromatic rings. The zero-order chi connectivity index (χ0) is 13.9. The number of aromatic nitrogens is 3. The monoisotopic (exact) mass is 263 g/mol. The van der Waals surface area contributed by atoms with Crippen molar-refractivity contribution in [1.29, 1.82) is 0 Å². The number of rotatable bonds is 3. The Balaban J connectivity index is 1.87. The Labute approximate surface area is 118 Å². The first-order chi connectivity index (χ1) is 9.74. The maximum Gasteiger partial charge on any atom is 0.0949 e. The summed E-state index contributed by atoms with van der Waals surface area (Å²) in [6, 6.07) is 10.6. The maximum atomic E-state index is 4.60. The molecule has 0 saturated heterocycles. The molecule has 0 amide bonds. The average molecular weight is 263 g/mol. The molecule has 0 atom stereocenters. The normalized spacial score (nSPS) is 10.7. The molecule has 1 aromatic carbocycles. The largest absolute Gasteiger partial charge is 0.333 e. The number of hydrogen-bond acceptors (Lipinski definition) is 2. The molecule has 2 heterocycles. The maximum absolute atomic E-state index is 4.60. The summed E-state index contributed by atoms with van der Waals surface area (Å²) in [6.07, 6.45) is 7.51. The van der Waals surface area contributed by atoms with Gasteiger partial charge in [0.15, 0.2) is 0 Å². The van der Waals surface area contributed by atoms with Gasteiger partial charge < -0.3 is 4.57 Å². The lowest BCUT2D eigenvalue weighted by molar-refractivity contribution is 0.793. The summed E-state index contributed by atoms with van der Waals surface area (Å²) in [5.74, 6) is 0. The van der Waals surface area contributed by atoms with E-state index >= 15 is 0 Å². The Morgan fingerprint density at radius 2 is 2.00 bits per heavy atom. The molecular formula is C17H17N3. The van der Waals surface area contributed by atoms with Gasteiger partial charge in [0.25, 0.3) is 0 Å². The molecule has 0 aliphatic rings. The Hall–Kier alpha value is -2.42. The van der Waals surface area contributed by atoms with Crippen LogP contribution in [0.15, 0.2) is 55.2 Å². The topological polar surface area (TPSA) is 30.7 Å². The number of aryl methyl sites for hydroxylation is 1. The highest BCUT2D eigenvalue weighted by Crippen LogP contribution is 2.23. The van der Waals surface area contributed by atoms with Crippen molar-refractivity contribution in [3.05, 3.63) is 71.9 Å². The molecule has 0 unspecified atom stereocenters. The van der Waals surface area contributed by atoms with Gasteiger partial charge in [-0.3, -0.25) is 4.98 Å². The molecule has 0 N–H and O–H groups in total. The second kappa shape index (κ2) is 5.29. The second-order valence-corrected chi connectivity index (χ2v) is 5.03. The summed E-state index contributed by atoms with van der Waals surface area (Å²) in [5, 5.41) is 0. The molecule has 0 spiro atoms. The summed E-state index contributed by atoms with van der Waals surface area (Å²) in [4.78, 5) is 8.65. The van der Waals surface area contributed by atoms with Crippen molar-refractivity contribution in [1.82, 2.24) is 14.5 Å². The van der Waals surface area contributed by atoms with E-state index in [9.17, 15) is 0 Å². The molecule has 3 heteroatoms. The van der Waals surface area contributed by atoms with Gasteiger partial charge in [-0.25, -0.2) is 4.98 Å². The average Bonchev–Trinajstić information content (AvgIpc) is 2.96. The van der Waals surface area contributed by atoms with E-state index in [2.05, 4.69) is 54.1 Å². The SMILES string of the molecule is Cc1cccc(-c2ccc(Cn3ccnc3)cn2)c1C. The van der Waals surface area contributed by atoms with Crippen molar-refractivity contribution in [2.24, 2.45) is 0 Å². The van der Waals surface area contributed by atoms with E-state index in [1.807, 2.05) is 23.3 Å². The summed E-state index contributed by atoms with van der Waals surface area (Å²) in [5.41, 5.74) is 6.01. The number of benzene rings is 1. The van der Waals surface area contributed by atoms with Crippen LogP contribution in [0, 0.1) is 13.8 Å². The minimum atomic E-state index is 0.806. The molecule has 0 aliphatic heterocycles. The summed E-state index contributed by atoms with van der Waals surface area (Å²) < 4.78 is 2.04. The van der Waals surface area contributed by atoms with Gasteiger partial charge in [-0.1, -0.05) is 24.3 Å². The van der Waals surface area contributed by atoms with Crippen LogP contribution in [0.3, 0.4) is 0 Å². The molecule has 100 valence electrons. The summed E-state index contributed by atoms with van der Waals surface area (Å²) >= 11 is 0. The van der Waals surface area contributed by atoms with E-state index in [-0.39, 0.29) is 0 Å². The van der Waals surface area contributed by atoms with Crippen molar-refractivity contribution in [2.45, 2.75) is 20.4 Å². The van der Waals surface area contributed by atoms with E-state index in [0.29, 0.717) is 0 Å². The molecule has 3 nitrogen and oxygen atoms in total. The zero-order valence-electron chi connectivity index (χ0n) is 11.7. The molecular weight excluding hydrogens is 246 g/mol. The van der Waals surface area contributed by atoms with Gasteiger partial charge in [0.05, 0.1) is 12.0 Å². The number of pyridine rings is 1. The van der Waals surface area contributed by atoms with Crippen molar-refractivity contribution in [2.75, 3.05) is 0 Å². The highest BCUT2D eigenvalue weighted by Gasteiger charge is 2.05. The zero-order valence-corrected chi connectivity index (χ0v) is 11.7. The van der Waals surface area contributed by atoms with Crippen molar-refractivity contribution >= 4 is 0 Å². The Morgan fingerprint density at radius 1 is 1.10 bits per heavy atom. The lowest BCUT2D eigenvalue weighted by atomic mass is 10.0. The molecule has 0 saturated carbocycles. The van der Waals surface area contributed by atoms with Crippen molar-refractivity contribution in [3.8, 4) is 11.3 Å². The fourth-order valence-electron chi connectivity index (χ4n) is 2.30. The quantitative estimate of drug-likeness (QED) is 0.722. The van der Waals surface area contributed by atoms with Crippen LogP contribution in [0.4, 0.5) is 0 Å². The molecule has 0 radical (unpaired) electrons. The predicted molar refractivity (Wildman–Crippen MR) is 80.5 cm³/mol. The Morgan fingerprint density at radius 3 is 2.70 bits per heavy atom. The van der Waals surface area contributed by atoms with Crippen molar-refractivity contribution in [3.63, 3.8) is 0 Å². The second-order valence-electron chi connectivity index (χ2n) is 5.03. The van der Waals surface area contributed by atoms with E-state index in [0.717, 1.165) is 12.2 Å². The summed E-state index contributed by atoms with van der Waals surface area (Å²) in [6.45, 7) is 5.08. The third-order valence-electron chi connectivity index (χ3n) is 3.63. The van der Waals surface area contributed by atoms with Crippen LogP contribution in [0.5, 0.6) is 0 Å². The van der Waals surface area contributed by atoms with Crippen LogP contribution in [-0.4, -0.2) is 14.5 Å². The van der Waals surface area contributed by atoms with Crippen LogP contribution < -0.4 is 0 Å². The van der Waals surface area contributed by atoms with Gasteiger partial charge in [-0.2, -0.15) is 0 Å². The van der Waals surface area contributed by atoms with Crippen LogP contribution in [0.1, 0.15) is 16.7 Å². The van der Waals surface area contributed by atoms with Gasteiger partial charge >= 0.3 is 0 Å². The smallest absolute Gasteiger partial charge is 0.0949 e. The van der Waals surface area contributed by atoms with Gasteiger partial charge in [-0.15, -0.1) is 0 Å². The highest BCUT2D eigenvalue weighted by molar-refractivity contribution is 5.64. The molecule has 0 fully saturated rings. The first kappa shape index (κ1) is 12.6. The predicted octanol–water partition coefficient (Wildman–Crippen LogP) is 3.61. The Bertz CT molecular complexity index is 698. The number of hydrogen-bond donors (Lipinski definition) is 0. The van der Waals surface area contributed by atoms with Crippen LogP contribution in [0.25, 0.3) is 11.3 Å². The van der Waals surface area contributed by atoms with Crippen LogP contribution >= 0.6 is 0 Å². The Kier molecular flexibility index (Phi) is 3.33. The third-order valence-corrected chi connectivity index (χ3v) is 3.63. The van der Waals surface area contributed by atoms with Crippen LogP contribution in [0.2, 0.25) is 0 Å². The first-order valence-electron chi connectivity index (χ1n) is 6.71. The molecule has 20 heavy (non-hydrogen) atoms. The lowest BCUT2D eigenvalue weighted by Crippen LogP contribution is -1.97. The van der Waals surface area contributed by atoms with Crippen molar-refractivity contribution < 1.29 is 0 Å². The highest BCUT2D eigenvalue weighted by atomic mass is 15.0. The van der Waals surface area contributed by atoms with E-state index in [1.54, 1.807) is 6.20 Å². The third kappa shape index (κ3) is 2.48. The van der Waals surface area contributed by atoms with Gasteiger partial charge in [0.2, 0.25) is 0 Å². The minimum absolute atomic E-state index is 0.806. The summed E-state index contributed by atoms with van der Waals surface area (Å²) in [7, 11) is 0. The number of imidazole rings is 1. The van der Waals surface area contributed by atoms with E-state index in [4.69, 9.17) is 0 Å². The lowest BCUT2D eigenvalue weighted by Gasteiger charge is -2.09. The minimum Gasteiger partial charge on any atom is -0.333 e. The van der Waals surface area contributed by atoms with Gasteiger partial charge in [0.1, 0.15) is 0 Å². The van der Waals surface area contributed by atoms with Gasteiger partial charge in [0, 0.05) is 30.7 Å². The molecule has 0 bridgehead atoms. The van der Waals surface area contributed by atoms with Gasteiger partial charge in [-0.05, 0) is 36.6 Å². The fourth-order valence-corrected chi connectivity index (χ4v) is 2.30. The van der Waals surface area contributed by atoms with Crippen LogP contribution in [-0.2, 0) is 6.54 Å². The number of nitrogens with zero attached hydrogens (tertiary/aromatic N) is 3. The standard InChI is InChI=1S/C17H17N3/c1-13-4-3-5-16(14(13)2)17-7-6-15(10-19-17)11-20-9-8-18-12-20/h3-10,12H,11H2,1-2H3. The fraction of sp³-hybridized carbons (Fsp3) is 0.176. The van der Waals surface area contributed by atoms with E-state index in [1.165, 1.54) is 22.3 Å². The van der Waals surface area contributed by atoms with E-state index < -0.39 is 0 Å². The molecule has 0 aliphatic carbocycles. The molecule has 3 rings (SSSR count).